The molecule has 0 spiro atoms. The smallest absolute Gasteiger partial charge is 0.316 e. The minimum absolute atomic E-state index is 0.122. The molecule has 1 saturated carbocycles. The molecule has 0 heterocycles. The van der Waals surface area contributed by atoms with Crippen LogP contribution < -0.4 is 0 Å². The molecule has 0 saturated heterocycles. The van der Waals surface area contributed by atoms with Gasteiger partial charge >= 0.3 is 5.91 Å². The van der Waals surface area contributed by atoms with Gasteiger partial charge < -0.3 is 5.11 Å². The highest BCUT2D eigenvalue weighted by Crippen LogP contribution is 2.43. The zero-order valence-corrected chi connectivity index (χ0v) is 26.8. The van der Waals surface area contributed by atoms with Crippen molar-refractivity contribution >= 4 is 11.7 Å². The van der Waals surface area contributed by atoms with Crippen molar-refractivity contribution in [1.29, 1.82) is 0 Å². The zero-order valence-electron chi connectivity index (χ0n) is 26.8. The van der Waals surface area contributed by atoms with Crippen LogP contribution in [0.2, 0.25) is 0 Å². The first-order chi connectivity index (χ1) is 21.5. The molecule has 0 radical (unpaired) electrons. The number of carbonyl (C=O) groups excluding carboxylic acids is 2. The molecule has 1 amide bonds. The van der Waals surface area contributed by atoms with Crippen molar-refractivity contribution in [3.8, 4) is 16.9 Å². The summed E-state index contributed by atoms with van der Waals surface area (Å²) < 4.78 is 0. The van der Waals surface area contributed by atoms with Crippen molar-refractivity contribution in [3.63, 3.8) is 0 Å². The van der Waals surface area contributed by atoms with Crippen molar-refractivity contribution in [2.75, 3.05) is 0 Å². The van der Waals surface area contributed by atoms with Gasteiger partial charge in [0.2, 0.25) is 0 Å². The van der Waals surface area contributed by atoms with Gasteiger partial charge in [-0.2, -0.15) is 0 Å². The molecule has 5 nitrogen and oxygen atoms in total. The molecule has 4 aromatic carbocycles. The minimum atomic E-state index is -0.799. The van der Waals surface area contributed by atoms with Gasteiger partial charge in [-0.05, 0) is 119 Å². The van der Waals surface area contributed by atoms with Crippen molar-refractivity contribution in [2.24, 2.45) is 16.5 Å². The first-order valence-electron chi connectivity index (χ1n) is 16.0. The topological polar surface area (TPSA) is 83.8 Å². The maximum absolute atomic E-state index is 14.0. The Morgan fingerprint density at radius 3 is 2.02 bits per heavy atom. The SMILES string of the molecule is Cc1cc(O)ccc1-c1ccc(CC(=O)[C@H](Cc2ccc(C(=O)N=O)cc2)c2ccc(C3CCC(C(C)(C)C)CC3)cc2)cc1. The second kappa shape index (κ2) is 13.7. The highest BCUT2D eigenvalue weighted by atomic mass is 16.3. The number of ketones is 1. The van der Waals surface area contributed by atoms with Crippen LogP contribution in [0.4, 0.5) is 0 Å². The van der Waals surface area contributed by atoms with E-state index in [4.69, 9.17) is 0 Å². The summed E-state index contributed by atoms with van der Waals surface area (Å²) in [7, 11) is 0. The van der Waals surface area contributed by atoms with Crippen LogP contribution in [-0.4, -0.2) is 16.8 Å². The lowest BCUT2D eigenvalue weighted by molar-refractivity contribution is -0.119. The van der Waals surface area contributed by atoms with Gasteiger partial charge in [-0.3, -0.25) is 9.59 Å². The van der Waals surface area contributed by atoms with E-state index < -0.39 is 5.91 Å². The van der Waals surface area contributed by atoms with Gasteiger partial charge in [0.05, 0.1) is 0 Å². The van der Waals surface area contributed by atoms with Crippen LogP contribution in [0.3, 0.4) is 0 Å². The number of amides is 1. The molecule has 1 N–H and O–H groups in total. The monoisotopic (exact) mass is 601 g/mol. The van der Waals surface area contributed by atoms with Crippen LogP contribution in [0, 0.1) is 23.2 Å². The number of rotatable bonds is 9. The van der Waals surface area contributed by atoms with Crippen LogP contribution >= 0.6 is 0 Å². The van der Waals surface area contributed by atoms with E-state index in [9.17, 15) is 19.6 Å². The van der Waals surface area contributed by atoms with Crippen molar-refractivity contribution in [2.45, 2.75) is 78.1 Å². The molecule has 1 atom stereocenters. The number of phenolic OH excluding ortho intramolecular Hbond substituents is 1. The molecule has 5 rings (SSSR count). The average molecular weight is 602 g/mol. The fraction of sp³-hybridized carbons (Fsp3) is 0.350. The third-order valence-corrected chi connectivity index (χ3v) is 9.73. The van der Waals surface area contributed by atoms with Gasteiger partial charge in [-0.1, -0.05) is 87.5 Å². The Kier molecular flexibility index (Phi) is 9.77. The molecule has 232 valence electrons. The molecule has 0 aliphatic heterocycles. The largest absolute Gasteiger partial charge is 0.508 e. The van der Waals surface area contributed by atoms with E-state index in [1.165, 1.54) is 31.2 Å². The molecule has 0 aromatic heterocycles. The summed E-state index contributed by atoms with van der Waals surface area (Å²) in [5.74, 6) is 0.522. The lowest BCUT2D eigenvalue weighted by atomic mass is 9.68. The fourth-order valence-corrected chi connectivity index (χ4v) is 6.88. The van der Waals surface area contributed by atoms with Crippen LogP contribution in [0.25, 0.3) is 11.1 Å². The van der Waals surface area contributed by atoms with Crippen molar-refractivity contribution < 1.29 is 14.7 Å². The number of hydrogen-bond donors (Lipinski definition) is 1. The number of benzene rings is 4. The Morgan fingerprint density at radius 1 is 0.822 bits per heavy atom. The molecular formula is C40H43NO4. The van der Waals surface area contributed by atoms with Gasteiger partial charge in [-0.15, -0.1) is 4.91 Å². The van der Waals surface area contributed by atoms with E-state index >= 15 is 0 Å². The third-order valence-electron chi connectivity index (χ3n) is 9.73. The van der Waals surface area contributed by atoms with Crippen molar-refractivity contribution in [3.05, 3.63) is 129 Å². The summed E-state index contributed by atoms with van der Waals surface area (Å²) in [5.41, 5.74) is 7.85. The van der Waals surface area contributed by atoms with Gasteiger partial charge in [0, 0.05) is 23.1 Å². The number of hydrogen-bond acceptors (Lipinski definition) is 4. The highest BCUT2D eigenvalue weighted by molar-refractivity contribution is 5.94. The van der Waals surface area contributed by atoms with Crippen LogP contribution in [0.15, 0.2) is 96.2 Å². The number of Topliss-reactive ketones (excluding diaryl/α,β-unsaturated/α-hetero) is 1. The van der Waals surface area contributed by atoms with Crippen LogP contribution in [0.1, 0.15) is 96.5 Å². The maximum atomic E-state index is 14.0. The first kappa shape index (κ1) is 32.0. The molecule has 4 aromatic rings. The molecule has 5 heteroatoms. The predicted molar refractivity (Wildman–Crippen MR) is 181 cm³/mol. The van der Waals surface area contributed by atoms with Crippen molar-refractivity contribution in [1.82, 2.24) is 0 Å². The summed E-state index contributed by atoms with van der Waals surface area (Å²) >= 11 is 0. The number of carbonyl (C=O) groups is 2. The molecule has 0 bridgehead atoms. The Hall–Kier alpha value is -4.38. The van der Waals surface area contributed by atoms with Gasteiger partial charge in [0.1, 0.15) is 11.5 Å². The van der Waals surface area contributed by atoms with E-state index in [1.807, 2.05) is 37.3 Å². The van der Waals surface area contributed by atoms with Gasteiger partial charge in [0.25, 0.3) is 0 Å². The number of aromatic hydroxyl groups is 1. The average Bonchev–Trinajstić information content (AvgIpc) is 3.04. The molecule has 1 fully saturated rings. The molecular weight excluding hydrogens is 558 g/mol. The standard InChI is InChI=1S/C40H43NO4/c1-26-23-35(42)21-22-36(26)31-9-5-28(6-10-31)25-38(43)37(24-27-7-11-33(12-8-27)39(44)41-45)32-15-13-29(14-16-32)30-17-19-34(20-18-30)40(2,3)4/h5-16,21-23,30,34,37,42H,17-20,24-25H2,1-4H3/t30?,34?,37-/m1/s1. The second-order valence-corrected chi connectivity index (χ2v) is 13.8. The summed E-state index contributed by atoms with van der Waals surface area (Å²) in [6, 6.07) is 28.9. The number of nitroso groups, excluding NO2 is 1. The fourth-order valence-electron chi connectivity index (χ4n) is 6.88. The Bertz CT molecular complexity index is 1640. The normalized spacial score (nSPS) is 17.4. The maximum Gasteiger partial charge on any atom is 0.316 e. The van der Waals surface area contributed by atoms with E-state index in [2.05, 4.69) is 50.2 Å². The third kappa shape index (κ3) is 7.83. The molecule has 1 aliphatic carbocycles. The van der Waals surface area contributed by atoms with E-state index in [-0.39, 0.29) is 23.0 Å². The van der Waals surface area contributed by atoms with E-state index in [1.54, 1.807) is 36.4 Å². The first-order valence-corrected chi connectivity index (χ1v) is 16.0. The Labute approximate surface area is 266 Å². The summed E-state index contributed by atoms with van der Waals surface area (Å²) in [6.07, 6.45) is 5.68. The number of aryl methyl sites for hydroxylation is 1. The summed E-state index contributed by atoms with van der Waals surface area (Å²) in [5, 5.41) is 12.3. The second-order valence-electron chi connectivity index (χ2n) is 13.8. The zero-order chi connectivity index (χ0) is 32.1. The van der Waals surface area contributed by atoms with E-state index in [0.29, 0.717) is 24.2 Å². The minimum Gasteiger partial charge on any atom is -0.508 e. The predicted octanol–water partition coefficient (Wildman–Crippen LogP) is 9.73. The lowest BCUT2D eigenvalue weighted by Crippen LogP contribution is -2.25. The lowest BCUT2D eigenvalue weighted by Gasteiger charge is -2.37. The summed E-state index contributed by atoms with van der Waals surface area (Å²) in [6.45, 7) is 9.01. The van der Waals surface area contributed by atoms with Crippen LogP contribution in [-0.2, 0) is 17.6 Å². The number of phenols is 1. The van der Waals surface area contributed by atoms with Crippen LogP contribution in [0.5, 0.6) is 5.75 Å². The van der Waals surface area contributed by atoms with E-state index in [0.717, 1.165) is 39.3 Å². The Morgan fingerprint density at radius 2 is 1.44 bits per heavy atom. The van der Waals surface area contributed by atoms with Gasteiger partial charge in [-0.25, -0.2) is 0 Å². The highest BCUT2D eigenvalue weighted by Gasteiger charge is 2.30. The van der Waals surface area contributed by atoms with Gasteiger partial charge in [0.15, 0.2) is 0 Å². The quantitative estimate of drug-likeness (QED) is 0.194. The summed E-state index contributed by atoms with van der Waals surface area (Å²) in [4.78, 5) is 36.4. The molecule has 45 heavy (non-hydrogen) atoms. The Balaban J connectivity index is 1.35. The number of nitrogens with zero attached hydrogens (tertiary/aromatic N) is 1. The molecule has 1 aliphatic rings. The molecule has 0 unspecified atom stereocenters.